The van der Waals surface area contributed by atoms with Gasteiger partial charge in [0.25, 0.3) is 0 Å². The third-order valence-corrected chi connectivity index (χ3v) is 4.50. The molecule has 0 unspecified atom stereocenters. The van der Waals surface area contributed by atoms with Crippen LogP contribution in [0.5, 0.6) is 0 Å². The lowest BCUT2D eigenvalue weighted by Crippen LogP contribution is -2.39. The highest BCUT2D eigenvalue weighted by Crippen LogP contribution is 2.30. The lowest BCUT2D eigenvalue weighted by molar-refractivity contribution is -0.137. The van der Waals surface area contributed by atoms with Gasteiger partial charge in [0, 0.05) is 17.1 Å². The molecule has 10 heteroatoms. The van der Waals surface area contributed by atoms with Crippen molar-refractivity contribution in [3.05, 3.63) is 45.9 Å². The Balaban J connectivity index is 2.12. The van der Waals surface area contributed by atoms with Crippen LogP contribution in [0.15, 0.2) is 29.6 Å². The predicted molar refractivity (Wildman–Crippen MR) is 99.2 cm³/mol. The first kappa shape index (κ1) is 21.7. The summed E-state index contributed by atoms with van der Waals surface area (Å²) in [6, 6.07) is 3.60. The molecule has 1 N–H and O–H groups in total. The van der Waals surface area contributed by atoms with Gasteiger partial charge >= 0.3 is 18.2 Å². The van der Waals surface area contributed by atoms with Crippen LogP contribution < -0.4 is 5.32 Å². The summed E-state index contributed by atoms with van der Waals surface area (Å²) < 4.78 is 43.4. The Bertz CT molecular complexity index is 837. The number of carbonyl (C=O) groups excluding carboxylic acids is 2. The van der Waals surface area contributed by atoms with Crippen LogP contribution in [-0.2, 0) is 17.5 Å². The van der Waals surface area contributed by atoms with E-state index in [2.05, 4.69) is 10.3 Å². The fourth-order valence-electron chi connectivity index (χ4n) is 2.29. The van der Waals surface area contributed by atoms with E-state index in [0.717, 1.165) is 12.1 Å². The van der Waals surface area contributed by atoms with Gasteiger partial charge in [0.1, 0.15) is 5.01 Å². The second-order valence-corrected chi connectivity index (χ2v) is 7.02. The summed E-state index contributed by atoms with van der Waals surface area (Å²) in [7, 11) is 0. The molecule has 0 radical (unpaired) electrons. The number of aromatic nitrogens is 1. The molecule has 0 bridgehead atoms. The average molecular weight is 415 g/mol. The van der Waals surface area contributed by atoms with E-state index < -0.39 is 23.7 Å². The van der Waals surface area contributed by atoms with Crippen LogP contribution in [0, 0.1) is 0 Å². The first-order valence-electron chi connectivity index (χ1n) is 8.48. The van der Waals surface area contributed by atoms with E-state index in [1.54, 1.807) is 20.8 Å². The first-order valence-corrected chi connectivity index (χ1v) is 9.36. The molecule has 0 aliphatic heterocycles. The number of anilines is 1. The van der Waals surface area contributed by atoms with E-state index in [-0.39, 0.29) is 30.6 Å². The summed E-state index contributed by atoms with van der Waals surface area (Å²) in [4.78, 5) is 29.9. The third-order valence-electron chi connectivity index (χ3n) is 3.67. The van der Waals surface area contributed by atoms with Gasteiger partial charge in [-0.3, -0.25) is 0 Å². The predicted octanol–water partition coefficient (Wildman–Crippen LogP) is 4.78. The molecule has 0 fully saturated rings. The summed E-state index contributed by atoms with van der Waals surface area (Å²) >= 11 is 1.20. The zero-order chi connectivity index (χ0) is 20.9. The topological polar surface area (TPSA) is 71.5 Å². The van der Waals surface area contributed by atoms with E-state index in [9.17, 15) is 22.8 Å². The zero-order valence-electron chi connectivity index (χ0n) is 15.5. The van der Waals surface area contributed by atoms with Crippen LogP contribution >= 0.6 is 11.3 Å². The molecule has 0 saturated carbocycles. The molecule has 2 rings (SSSR count). The SMILES string of the molecule is CCOC(=O)c1csc(CN(C(=O)Nc2cccc(C(F)(F)F)c2)C(C)C)n1. The smallest absolute Gasteiger partial charge is 0.416 e. The second-order valence-electron chi connectivity index (χ2n) is 6.08. The molecule has 0 saturated heterocycles. The highest BCUT2D eigenvalue weighted by Gasteiger charge is 2.30. The molecule has 0 atom stereocenters. The third kappa shape index (κ3) is 5.69. The number of carbonyl (C=O) groups is 2. The fraction of sp³-hybridized carbons (Fsp3) is 0.389. The van der Waals surface area contributed by atoms with Gasteiger partial charge in [0.15, 0.2) is 5.69 Å². The van der Waals surface area contributed by atoms with Crippen molar-refractivity contribution < 1.29 is 27.5 Å². The van der Waals surface area contributed by atoms with Crippen LogP contribution in [0.1, 0.15) is 41.8 Å². The Morgan fingerprint density at radius 3 is 2.64 bits per heavy atom. The molecule has 28 heavy (non-hydrogen) atoms. The molecule has 1 aromatic heterocycles. The van der Waals surface area contributed by atoms with E-state index >= 15 is 0 Å². The minimum absolute atomic E-state index is 0.0387. The lowest BCUT2D eigenvalue weighted by Gasteiger charge is -2.26. The molecule has 1 heterocycles. The highest BCUT2D eigenvalue weighted by molar-refractivity contribution is 7.09. The maximum atomic E-state index is 12.8. The minimum atomic E-state index is -4.50. The number of amides is 2. The summed E-state index contributed by atoms with van der Waals surface area (Å²) in [5.74, 6) is -0.547. The maximum Gasteiger partial charge on any atom is 0.416 e. The Morgan fingerprint density at radius 1 is 1.32 bits per heavy atom. The number of rotatable bonds is 6. The fourth-order valence-corrected chi connectivity index (χ4v) is 3.05. The number of ether oxygens (including phenoxy) is 1. The molecule has 1 aromatic carbocycles. The number of benzene rings is 1. The number of esters is 1. The van der Waals surface area contributed by atoms with E-state index in [0.29, 0.717) is 5.01 Å². The molecular formula is C18H20F3N3O3S. The van der Waals surface area contributed by atoms with Crippen molar-refractivity contribution in [2.75, 3.05) is 11.9 Å². The van der Waals surface area contributed by atoms with Gasteiger partial charge in [-0.15, -0.1) is 11.3 Å². The molecule has 6 nitrogen and oxygen atoms in total. The van der Waals surface area contributed by atoms with Crippen molar-refractivity contribution in [2.45, 2.75) is 39.5 Å². The number of nitrogens with one attached hydrogen (secondary N) is 1. The van der Waals surface area contributed by atoms with Gasteiger partial charge in [-0.25, -0.2) is 14.6 Å². The van der Waals surface area contributed by atoms with E-state index in [4.69, 9.17) is 4.74 Å². The highest BCUT2D eigenvalue weighted by atomic mass is 32.1. The number of halogens is 3. The van der Waals surface area contributed by atoms with Crippen molar-refractivity contribution >= 4 is 29.0 Å². The van der Waals surface area contributed by atoms with Crippen LogP contribution in [0.3, 0.4) is 0 Å². The quantitative estimate of drug-likeness (QED) is 0.689. The minimum Gasteiger partial charge on any atom is -0.461 e. The van der Waals surface area contributed by atoms with Crippen LogP contribution in [0.4, 0.5) is 23.7 Å². The van der Waals surface area contributed by atoms with Crippen LogP contribution in [-0.4, -0.2) is 34.5 Å². The van der Waals surface area contributed by atoms with Crippen LogP contribution in [0.2, 0.25) is 0 Å². The van der Waals surface area contributed by atoms with Crippen molar-refractivity contribution in [3.8, 4) is 0 Å². The van der Waals surface area contributed by atoms with Gasteiger partial charge < -0.3 is 15.0 Å². The summed E-state index contributed by atoms with van der Waals surface area (Å²) in [5.41, 5.74) is -0.652. The molecule has 0 aliphatic carbocycles. The van der Waals surface area contributed by atoms with Gasteiger partial charge in [-0.05, 0) is 39.0 Å². The normalized spacial score (nSPS) is 11.4. The molecule has 2 aromatic rings. The van der Waals surface area contributed by atoms with Gasteiger partial charge in [-0.2, -0.15) is 13.2 Å². The Labute approximate surface area is 164 Å². The van der Waals surface area contributed by atoms with E-state index in [1.807, 2.05) is 0 Å². The number of hydrogen-bond donors (Lipinski definition) is 1. The zero-order valence-corrected chi connectivity index (χ0v) is 16.4. The van der Waals surface area contributed by atoms with E-state index in [1.165, 1.54) is 33.7 Å². The van der Waals surface area contributed by atoms with Gasteiger partial charge in [-0.1, -0.05) is 6.07 Å². The lowest BCUT2D eigenvalue weighted by atomic mass is 10.2. The van der Waals surface area contributed by atoms with Crippen LogP contribution in [0.25, 0.3) is 0 Å². The number of nitrogens with zero attached hydrogens (tertiary/aromatic N) is 2. The summed E-state index contributed by atoms with van der Waals surface area (Å²) in [6.07, 6.45) is -4.50. The molecule has 0 aliphatic rings. The summed E-state index contributed by atoms with van der Waals surface area (Å²) in [6.45, 7) is 5.55. The van der Waals surface area contributed by atoms with Gasteiger partial charge in [0.05, 0.1) is 18.7 Å². The monoisotopic (exact) mass is 415 g/mol. The van der Waals surface area contributed by atoms with Crippen molar-refractivity contribution in [3.63, 3.8) is 0 Å². The van der Waals surface area contributed by atoms with Crippen molar-refractivity contribution in [2.24, 2.45) is 0 Å². The summed E-state index contributed by atoms with van der Waals surface area (Å²) in [5, 5.41) is 4.53. The number of urea groups is 1. The number of alkyl halides is 3. The largest absolute Gasteiger partial charge is 0.461 e. The Kier molecular flexibility index (Phi) is 7.00. The van der Waals surface area contributed by atoms with Crippen molar-refractivity contribution in [1.29, 1.82) is 0 Å². The maximum absolute atomic E-state index is 12.8. The van der Waals surface area contributed by atoms with Crippen molar-refractivity contribution in [1.82, 2.24) is 9.88 Å². The molecule has 0 spiro atoms. The first-order chi connectivity index (χ1) is 13.1. The Hall–Kier alpha value is -2.62. The average Bonchev–Trinajstić information content (AvgIpc) is 3.08. The molecule has 2 amide bonds. The van der Waals surface area contributed by atoms with Gasteiger partial charge in [0.2, 0.25) is 0 Å². The molecule has 152 valence electrons. The number of thiazole rings is 1. The second kappa shape index (κ2) is 9.05. The molecular weight excluding hydrogens is 395 g/mol. The number of hydrogen-bond acceptors (Lipinski definition) is 5. The Morgan fingerprint density at radius 2 is 2.04 bits per heavy atom. The standard InChI is InChI=1S/C18H20F3N3O3S/c1-4-27-16(25)14-10-28-15(23-14)9-24(11(2)3)17(26)22-13-7-5-6-12(8-13)18(19,20)21/h5-8,10-11H,4,9H2,1-3H3,(H,22,26).